The van der Waals surface area contributed by atoms with Crippen LogP contribution in [0.3, 0.4) is 0 Å². The predicted molar refractivity (Wildman–Crippen MR) is 139 cm³/mol. The minimum Gasteiger partial charge on any atom is -0.383 e. The van der Waals surface area contributed by atoms with Crippen LogP contribution >= 0.6 is 0 Å². The molecule has 0 bridgehead atoms. The number of H-pyrrole nitrogens is 1. The van der Waals surface area contributed by atoms with Gasteiger partial charge in [0.1, 0.15) is 12.4 Å². The van der Waals surface area contributed by atoms with Crippen molar-refractivity contribution in [3.8, 4) is 0 Å². The van der Waals surface area contributed by atoms with E-state index in [1.165, 1.54) is 9.47 Å². The van der Waals surface area contributed by atoms with Crippen molar-refractivity contribution in [2.24, 2.45) is 0 Å². The minimum atomic E-state index is -0.745. The maximum Gasteiger partial charge on any atom is 0.330 e. The van der Waals surface area contributed by atoms with E-state index in [0.29, 0.717) is 13.0 Å². The second-order valence-electron chi connectivity index (χ2n) is 9.01. The molecule has 1 fully saturated rings. The minimum absolute atomic E-state index is 0.0680. The molecule has 188 valence electrons. The predicted octanol–water partition coefficient (Wildman–Crippen LogP) is 2.49. The molecule has 0 unspecified atom stereocenters. The van der Waals surface area contributed by atoms with Gasteiger partial charge in [-0.05, 0) is 24.0 Å². The standard InChI is InChI=1S/C27H31N5O4/c28-25-24(26(35)29-27(36)32(25)18-21-13-7-4-8-14-21)31(17-20-11-5-3-6-12-20)23(34)19-30-16-10-2-1-9-15-22(30)33/h3-8,11-14H,1-2,9-10,15-19,28H2,(H,29,35,36). The number of hydrogen-bond acceptors (Lipinski definition) is 5. The van der Waals surface area contributed by atoms with Gasteiger partial charge in [0.25, 0.3) is 5.56 Å². The molecular formula is C27H31N5O4. The largest absolute Gasteiger partial charge is 0.383 e. The highest BCUT2D eigenvalue weighted by atomic mass is 16.2. The van der Waals surface area contributed by atoms with Crippen LogP contribution in [0.25, 0.3) is 0 Å². The van der Waals surface area contributed by atoms with E-state index >= 15 is 0 Å². The molecule has 2 aromatic carbocycles. The molecule has 4 rings (SSSR count). The first-order valence-electron chi connectivity index (χ1n) is 12.2. The summed E-state index contributed by atoms with van der Waals surface area (Å²) >= 11 is 0. The molecule has 1 aliphatic rings. The number of likely N-dealkylation sites (tertiary alicyclic amines) is 1. The number of benzene rings is 2. The van der Waals surface area contributed by atoms with Crippen LogP contribution in [0, 0.1) is 0 Å². The molecule has 0 saturated carbocycles. The van der Waals surface area contributed by atoms with E-state index in [0.717, 1.165) is 36.8 Å². The first kappa shape index (κ1) is 25.0. The van der Waals surface area contributed by atoms with Gasteiger partial charge in [-0.2, -0.15) is 0 Å². The highest BCUT2D eigenvalue weighted by Crippen LogP contribution is 2.21. The number of nitrogens with two attached hydrogens (primary N) is 1. The van der Waals surface area contributed by atoms with Gasteiger partial charge in [-0.1, -0.05) is 73.5 Å². The second-order valence-corrected chi connectivity index (χ2v) is 9.01. The summed E-state index contributed by atoms with van der Waals surface area (Å²) < 4.78 is 1.25. The molecule has 0 aliphatic carbocycles. The van der Waals surface area contributed by atoms with E-state index in [4.69, 9.17) is 5.73 Å². The number of nitrogens with one attached hydrogen (secondary N) is 1. The fourth-order valence-corrected chi connectivity index (χ4v) is 4.45. The molecule has 2 heterocycles. The number of aromatic nitrogens is 2. The first-order chi connectivity index (χ1) is 17.4. The highest BCUT2D eigenvalue weighted by molar-refractivity contribution is 5.98. The van der Waals surface area contributed by atoms with E-state index in [-0.39, 0.29) is 37.0 Å². The number of nitrogen functional groups attached to an aromatic ring is 1. The van der Waals surface area contributed by atoms with Crippen LogP contribution in [0.4, 0.5) is 11.5 Å². The summed E-state index contributed by atoms with van der Waals surface area (Å²) in [4.78, 5) is 57.2. The van der Waals surface area contributed by atoms with Crippen molar-refractivity contribution in [3.63, 3.8) is 0 Å². The normalized spacial score (nSPS) is 14.2. The van der Waals surface area contributed by atoms with Crippen LogP contribution in [0.15, 0.2) is 70.3 Å². The van der Waals surface area contributed by atoms with Crippen molar-refractivity contribution in [2.75, 3.05) is 23.7 Å². The summed E-state index contributed by atoms with van der Waals surface area (Å²) in [5, 5.41) is 0. The lowest BCUT2D eigenvalue weighted by Gasteiger charge is -2.29. The molecule has 1 saturated heterocycles. The zero-order valence-corrected chi connectivity index (χ0v) is 20.2. The van der Waals surface area contributed by atoms with Gasteiger partial charge in [0.15, 0.2) is 5.69 Å². The smallest absolute Gasteiger partial charge is 0.330 e. The Balaban J connectivity index is 1.72. The van der Waals surface area contributed by atoms with Gasteiger partial charge in [-0.3, -0.25) is 28.8 Å². The van der Waals surface area contributed by atoms with Gasteiger partial charge >= 0.3 is 5.69 Å². The summed E-state index contributed by atoms with van der Waals surface area (Å²) in [5.74, 6) is -0.607. The van der Waals surface area contributed by atoms with Crippen molar-refractivity contribution in [2.45, 2.75) is 45.2 Å². The SMILES string of the molecule is Nc1c(N(Cc2ccccc2)C(=O)CN2CCCCCCC2=O)c(=O)[nH]c(=O)n1Cc1ccccc1. The fourth-order valence-electron chi connectivity index (χ4n) is 4.45. The number of hydrogen-bond donors (Lipinski definition) is 2. The number of carbonyl (C=O) groups is 2. The monoisotopic (exact) mass is 489 g/mol. The van der Waals surface area contributed by atoms with E-state index < -0.39 is 17.2 Å². The molecule has 0 spiro atoms. The maximum absolute atomic E-state index is 13.7. The molecule has 36 heavy (non-hydrogen) atoms. The number of nitrogens with zero attached hydrogens (tertiary/aromatic N) is 3. The zero-order valence-electron chi connectivity index (χ0n) is 20.2. The molecule has 2 amide bonds. The van der Waals surface area contributed by atoms with Gasteiger partial charge in [-0.15, -0.1) is 0 Å². The lowest BCUT2D eigenvalue weighted by Crippen LogP contribution is -2.46. The Bertz CT molecular complexity index is 1320. The molecule has 1 aromatic heterocycles. The Morgan fingerprint density at radius 3 is 2.22 bits per heavy atom. The first-order valence-corrected chi connectivity index (χ1v) is 12.2. The van der Waals surface area contributed by atoms with Crippen LogP contribution < -0.4 is 21.9 Å². The molecule has 3 aromatic rings. The van der Waals surface area contributed by atoms with Crippen molar-refractivity contribution in [1.82, 2.24) is 14.5 Å². The van der Waals surface area contributed by atoms with Crippen LogP contribution in [0.1, 0.15) is 43.2 Å². The molecule has 9 heteroatoms. The average Bonchev–Trinajstić information content (AvgIpc) is 2.87. The summed E-state index contributed by atoms with van der Waals surface area (Å²) in [6, 6.07) is 18.4. The summed E-state index contributed by atoms with van der Waals surface area (Å²) in [5.41, 5.74) is 6.50. The van der Waals surface area contributed by atoms with Crippen LogP contribution in [0.2, 0.25) is 0 Å². The van der Waals surface area contributed by atoms with Crippen LogP contribution in [-0.4, -0.2) is 39.4 Å². The number of aromatic amines is 1. The number of rotatable bonds is 7. The lowest BCUT2D eigenvalue weighted by molar-refractivity contribution is -0.135. The molecule has 1 aliphatic heterocycles. The summed E-state index contributed by atoms with van der Waals surface area (Å²) in [6.45, 7) is 0.525. The third-order valence-corrected chi connectivity index (χ3v) is 6.40. The molecule has 0 atom stereocenters. The number of carbonyl (C=O) groups excluding carboxylic acids is 2. The van der Waals surface area contributed by atoms with Crippen molar-refractivity contribution < 1.29 is 9.59 Å². The van der Waals surface area contributed by atoms with E-state index in [2.05, 4.69) is 4.98 Å². The Hall–Kier alpha value is -4.14. The maximum atomic E-state index is 13.7. The van der Waals surface area contributed by atoms with E-state index in [1.807, 2.05) is 60.7 Å². The van der Waals surface area contributed by atoms with Crippen molar-refractivity contribution in [3.05, 3.63) is 92.6 Å². The fraction of sp³-hybridized carbons (Fsp3) is 0.333. The molecular weight excluding hydrogens is 458 g/mol. The number of amides is 2. The highest BCUT2D eigenvalue weighted by Gasteiger charge is 2.27. The van der Waals surface area contributed by atoms with Crippen LogP contribution in [0.5, 0.6) is 0 Å². The van der Waals surface area contributed by atoms with Crippen molar-refractivity contribution >= 4 is 23.3 Å². The third kappa shape index (κ3) is 5.91. The van der Waals surface area contributed by atoms with E-state index in [9.17, 15) is 19.2 Å². The Morgan fingerprint density at radius 2 is 1.53 bits per heavy atom. The summed E-state index contributed by atoms with van der Waals surface area (Å²) in [6.07, 6.45) is 4.03. The van der Waals surface area contributed by atoms with Crippen molar-refractivity contribution in [1.29, 1.82) is 0 Å². The van der Waals surface area contributed by atoms with Crippen LogP contribution in [-0.2, 0) is 22.7 Å². The van der Waals surface area contributed by atoms with Gasteiger partial charge in [0, 0.05) is 13.0 Å². The van der Waals surface area contributed by atoms with Gasteiger partial charge in [0.2, 0.25) is 11.8 Å². The zero-order chi connectivity index (χ0) is 25.5. The number of anilines is 2. The topological polar surface area (TPSA) is 122 Å². The summed E-state index contributed by atoms with van der Waals surface area (Å²) in [7, 11) is 0. The van der Waals surface area contributed by atoms with Gasteiger partial charge in [0.05, 0.1) is 13.1 Å². The average molecular weight is 490 g/mol. The molecule has 9 nitrogen and oxygen atoms in total. The van der Waals surface area contributed by atoms with Gasteiger partial charge in [-0.25, -0.2) is 4.79 Å². The lowest BCUT2D eigenvalue weighted by atomic mass is 10.1. The van der Waals surface area contributed by atoms with Gasteiger partial charge < -0.3 is 10.6 Å². The Labute approximate surface area is 209 Å². The second kappa shape index (κ2) is 11.5. The van der Waals surface area contributed by atoms with E-state index in [1.54, 1.807) is 4.90 Å². The third-order valence-electron chi connectivity index (χ3n) is 6.40. The molecule has 0 radical (unpaired) electrons. The Morgan fingerprint density at radius 1 is 0.889 bits per heavy atom. The quantitative estimate of drug-likeness (QED) is 0.528. The molecule has 3 N–H and O–H groups in total. The Kier molecular flexibility index (Phi) is 7.99.